The molecule has 1 aromatic heterocycles. The second kappa shape index (κ2) is 14.8. The number of imide groups is 1. The zero-order valence-corrected chi connectivity index (χ0v) is 26.9. The van der Waals surface area contributed by atoms with E-state index in [-0.39, 0.29) is 11.4 Å². The smallest absolute Gasteiger partial charge is 0.416 e. The molecule has 238 valence electrons. The van der Waals surface area contributed by atoms with Gasteiger partial charge in [0.05, 0.1) is 37.2 Å². The van der Waals surface area contributed by atoms with Gasteiger partial charge in [-0.1, -0.05) is 60.7 Å². The van der Waals surface area contributed by atoms with E-state index in [0.29, 0.717) is 15.4 Å². The molecule has 0 aliphatic rings. The minimum absolute atomic E-state index is 0.0449. The van der Waals surface area contributed by atoms with E-state index in [4.69, 9.17) is 16.2 Å². The monoisotopic (exact) mass is 650 g/mol. The van der Waals surface area contributed by atoms with Crippen molar-refractivity contribution < 1.29 is 27.9 Å². The molecule has 2 amide bonds. The zero-order valence-electron chi connectivity index (χ0n) is 25.3. The van der Waals surface area contributed by atoms with Crippen molar-refractivity contribution in [2.75, 3.05) is 19.5 Å². The van der Waals surface area contributed by atoms with E-state index in [2.05, 4.69) is 0 Å². The van der Waals surface area contributed by atoms with Crippen LogP contribution in [0.5, 0.6) is 0 Å². The summed E-state index contributed by atoms with van der Waals surface area (Å²) in [5.74, 6) is -1.18. The second-order valence-electron chi connectivity index (χ2n) is 10.7. The number of ether oxygens (including phenoxy) is 1. The molecule has 0 saturated heterocycles. The van der Waals surface area contributed by atoms with Gasteiger partial charge in [-0.15, -0.1) is 11.3 Å². The zero-order chi connectivity index (χ0) is 32.7. The highest BCUT2D eigenvalue weighted by atomic mass is 32.2. The number of hydrogen-bond acceptors (Lipinski definition) is 9. The van der Waals surface area contributed by atoms with Crippen LogP contribution in [0, 0.1) is 0 Å². The van der Waals surface area contributed by atoms with Crippen LogP contribution in [0.2, 0.25) is 0 Å². The van der Waals surface area contributed by atoms with Gasteiger partial charge in [0.1, 0.15) is 0 Å². The van der Waals surface area contributed by atoms with E-state index in [0.717, 1.165) is 16.0 Å². The Morgan fingerprint density at radius 2 is 1.44 bits per heavy atom. The summed E-state index contributed by atoms with van der Waals surface area (Å²) in [6.45, 7) is 2.79. The average molecular weight is 651 g/mol. The molecule has 1 heterocycles. The molecule has 0 unspecified atom stereocenters. The molecular formula is C33H38N4O6S2. The maximum atomic E-state index is 13.9. The predicted octanol–water partition coefficient (Wildman–Crippen LogP) is 4.72. The molecule has 2 atom stereocenters. The Morgan fingerprint density at radius 3 is 1.93 bits per heavy atom. The lowest BCUT2D eigenvalue weighted by atomic mass is 9.85. The van der Waals surface area contributed by atoms with Gasteiger partial charge >= 0.3 is 6.09 Å². The largest absolute Gasteiger partial charge is 0.452 e. The van der Waals surface area contributed by atoms with Crippen molar-refractivity contribution in [3.05, 3.63) is 118 Å². The molecule has 0 radical (unpaired) electrons. The lowest BCUT2D eigenvalue weighted by Gasteiger charge is -2.32. The number of sulfonamides is 1. The number of nitrogen functional groups attached to an aromatic ring is 1. The lowest BCUT2D eigenvalue weighted by molar-refractivity contribution is -0.131. The van der Waals surface area contributed by atoms with Crippen LogP contribution in [0.4, 0.5) is 10.5 Å². The molecule has 0 aliphatic heterocycles. The number of carbonyl (C=O) groups excluding carboxylic acids is 2. The van der Waals surface area contributed by atoms with Gasteiger partial charge in [-0.25, -0.2) is 18.1 Å². The summed E-state index contributed by atoms with van der Waals surface area (Å²) in [6.07, 6.45) is -0.876. The first-order valence-electron chi connectivity index (χ1n) is 14.3. The first-order valence-corrected chi connectivity index (χ1v) is 16.6. The highest BCUT2D eigenvalue weighted by Crippen LogP contribution is 2.35. The first-order chi connectivity index (χ1) is 21.5. The van der Waals surface area contributed by atoms with Gasteiger partial charge < -0.3 is 21.3 Å². The standard InChI is InChI=1S/C33H38N4O6S2/c1-22(2)37(45(41,42)27-17-14-25(34)15-18-27)28(21-38)29-19-16-26(44-29)20-36(33(40)43-3)32(39)31(35)30(23-10-6-4-7-11-23)24-12-8-5-9-13-24/h4-19,22,28,30-31,38H,20-21,34-35H2,1-3H3/t28-,31+/m1/s1. The van der Waals surface area contributed by atoms with Gasteiger partial charge in [-0.2, -0.15) is 4.31 Å². The molecule has 12 heteroatoms. The van der Waals surface area contributed by atoms with Crippen LogP contribution in [0.3, 0.4) is 0 Å². The molecule has 5 N–H and O–H groups in total. The fourth-order valence-corrected chi connectivity index (χ4v) is 8.22. The molecular weight excluding hydrogens is 613 g/mol. The first kappa shape index (κ1) is 33.8. The lowest BCUT2D eigenvalue weighted by Crippen LogP contribution is -2.49. The van der Waals surface area contributed by atoms with Crippen molar-refractivity contribution in [1.82, 2.24) is 9.21 Å². The molecule has 4 aromatic rings. The highest BCUT2D eigenvalue weighted by molar-refractivity contribution is 7.89. The van der Waals surface area contributed by atoms with Crippen molar-refractivity contribution in [3.8, 4) is 0 Å². The number of nitrogens with two attached hydrogens (primary N) is 2. The van der Waals surface area contributed by atoms with Gasteiger partial charge in [0, 0.05) is 27.4 Å². The Labute approximate surface area is 267 Å². The normalized spacial score (nSPS) is 13.2. The van der Waals surface area contributed by atoms with Crippen molar-refractivity contribution in [2.24, 2.45) is 5.73 Å². The number of nitrogens with zero attached hydrogens (tertiary/aromatic N) is 2. The number of amides is 2. The molecule has 0 saturated carbocycles. The number of thiophene rings is 1. The number of hydrogen-bond donors (Lipinski definition) is 3. The van der Waals surface area contributed by atoms with Crippen molar-refractivity contribution >= 4 is 39.0 Å². The number of aliphatic hydroxyl groups excluding tert-OH is 1. The molecule has 0 aliphatic carbocycles. The number of rotatable bonds is 12. The Hall–Kier alpha value is -4.07. The summed E-state index contributed by atoms with van der Waals surface area (Å²) in [6, 6.07) is 25.4. The summed E-state index contributed by atoms with van der Waals surface area (Å²) in [7, 11) is -2.84. The molecule has 10 nitrogen and oxygen atoms in total. The summed E-state index contributed by atoms with van der Waals surface area (Å²) in [5.41, 5.74) is 14.4. The van der Waals surface area contributed by atoms with Crippen LogP contribution in [-0.4, -0.2) is 60.5 Å². The van der Waals surface area contributed by atoms with Gasteiger partial charge in [0.2, 0.25) is 15.9 Å². The molecule has 45 heavy (non-hydrogen) atoms. The molecule has 0 spiro atoms. The number of benzene rings is 3. The van der Waals surface area contributed by atoms with Crippen LogP contribution in [-0.2, 0) is 26.1 Å². The van der Waals surface area contributed by atoms with Gasteiger partial charge in [0.25, 0.3) is 0 Å². The fourth-order valence-electron chi connectivity index (χ4n) is 5.27. The second-order valence-corrected chi connectivity index (χ2v) is 13.8. The van der Waals surface area contributed by atoms with Crippen LogP contribution < -0.4 is 11.5 Å². The third-order valence-electron chi connectivity index (χ3n) is 7.39. The van der Waals surface area contributed by atoms with Gasteiger partial charge in [0.15, 0.2) is 0 Å². The van der Waals surface area contributed by atoms with Crippen LogP contribution in [0.15, 0.2) is 102 Å². The quantitative estimate of drug-likeness (QED) is 0.186. The predicted molar refractivity (Wildman–Crippen MR) is 175 cm³/mol. The third kappa shape index (κ3) is 7.60. The fraction of sp³-hybridized carbons (Fsp3) is 0.273. The van der Waals surface area contributed by atoms with Crippen LogP contribution >= 0.6 is 11.3 Å². The topological polar surface area (TPSA) is 156 Å². The number of aliphatic hydroxyl groups is 1. The summed E-state index contributed by atoms with van der Waals surface area (Å²) < 4.78 is 33.6. The van der Waals surface area contributed by atoms with E-state index in [1.807, 2.05) is 60.7 Å². The van der Waals surface area contributed by atoms with E-state index < -0.39 is 52.7 Å². The van der Waals surface area contributed by atoms with E-state index in [9.17, 15) is 23.1 Å². The maximum absolute atomic E-state index is 13.9. The Kier molecular flexibility index (Phi) is 11.1. The number of anilines is 1. The van der Waals surface area contributed by atoms with E-state index in [1.165, 1.54) is 47.0 Å². The summed E-state index contributed by atoms with van der Waals surface area (Å²) in [4.78, 5) is 29.0. The average Bonchev–Trinajstić information content (AvgIpc) is 3.51. The minimum Gasteiger partial charge on any atom is -0.452 e. The highest BCUT2D eigenvalue weighted by Gasteiger charge is 2.37. The van der Waals surface area contributed by atoms with Gasteiger partial charge in [-0.05, 0) is 61.4 Å². The number of carbonyl (C=O) groups is 2. The van der Waals surface area contributed by atoms with Crippen LogP contribution in [0.1, 0.15) is 46.7 Å². The van der Waals surface area contributed by atoms with Crippen molar-refractivity contribution in [1.29, 1.82) is 0 Å². The van der Waals surface area contributed by atoms with Crippen molar-refractivity contribution in [3.63, 3.8) is 0 Å². The Morgan fingerprint density at radius 1 is 0.889 bits per heavy atom. The Bertz CT molecular complexity index is 1640. The Balaban J connectivity index is 1.64. The summed E-state index contributed by atoms with van der Waals surface area (Å²) in [5, 5.41) is 10.4. The number of methoxy groups -OCH3 is 1. The maximum Gasteiger partial charge on any atom is 0.416 e. The van der Waals surface area contributed by atoms with Gasteiger partial charge in [-0.3, -0.25) is 4.79 Å². The van der Waals surface area contributed by atoms with E-state index in [1.54, 1.807) is 26.0 Å². The molecule has 0 bridgehead atoms. The molecule has 0 fully saturated rings. The third-order valence-corrected chi connectivity index (χ3v) is 10.7. The molecule has 3 aromatic carbocycles. The molecule has 4 rings (SSSR count). The van der Waals surface area contributed by atoms with Crippen LogP contribution in [0.25, 0.3) is 0 Å². The van der Waals surface area contributed by atoms with E-state index >= 15 is 0 Å². The SMILES string of the molecule is COC(=O)N(Cc1ccc([C@@H](CO)N(C(C)C)S(=O)(=O)c2ccc(N)cc2)s1)C(=O)[C@@H](N)C(c1ccccc1)c1ccccc1. The summed E-state index contributed by atoms with van der Waals surface area (Å²) >= 11 is 1.18. The van der Waals surface area contributed by atoms with Crippen molar-refractivity contribution in [2.45, 2.75) is 49.3 Å². The minimum atomic E-state index is -4.03.